The number of rotatable bonds is 3. The van der Waals surface area contributed by atoms with E-state index in [0.717, 1.165) is 0 Å². The van der Waals surface area contributed by atoms with E-state index in [9.17, 15) is 9.18 Å². The average molecular weight is 303 g/mol. The van der Waals surface area contributed by atoms with Gasteiger partial charge in [0.05, 0.1) is 0 Å². The molecular formula is C16H18FN3O2. The molecule has 2 aromatic rings. The van der Waals surface area contributed by atoms with E-state index in [-0.39, 0.29) is 6.54 Å². The van der Waals surface area contributed by atoms with E-state index in [1.165, 1.54) is 6.07 Å². The number of carbonyl (C=O) groups excluding carboxylic acids is 1. The molecule has 1 N–H and O–H groups in total. The lowest BCUT2D eigenvalue weighted by atomic mass is 10.1. The molecular weight excluding hydrogens is 285 g/mol. The highest BCUT2D eigenvalue weighted by molar-refractivity contribution is 5.67. The summed E-state index contributed by atoms with van der Waals surface area (Å²) >= 11 is 0. The van der Waals surface area contributed by atoms with Gasteiger partial charge in [0.25, 0.3) is 0 Å². The van der Waals surface area contributed by atoms with Crippen LogP contribution in [0.1, 0.15) is 26.3 Å². The SMILES string of the molecule is CC(C)(C)OC(=O)NCc1ccc(-c2ncccn2)cc1F. The van der Waals surface area contributed by atoms with Crippen molar-refractivity contribution in [3.05, 3.63) is 48.0 Å². The van der Waals surface area contributed by atoms with Crippen LogP contribution in [0.5, 0.6) is 0 Å². The van der Waals surface area contributed by atoms with E-state index in [4.69, 9.17) is 4.74 Å². The van der Waals surface area contributed by atoms with Crippen molar-refractivity contribution in [2.45, 2.75) is 32.9 Å². The van der Waals surface area contributed by atoms with Crippen LogP contribution >= 0.6 is 0 Å². The number of nitrogens with zero attached hydrogens (tertiary/aromatic N) is 2. The maximum absolute atomic E-state index is 14.1. The first-order valence-electron chi connectivity index (χ1n) is 6.88. The van der Waals surface area contributed by atoms with E-state index in [1.807, 2.05) is 0 Å². The van der Waals surface area contributed by atoms with Crippen LogP contribution in [-0.4, -0.2) is 21.7 Å². The van der Waals surface area contributed by atoms with Crippen LogP contribution in [-0.2, 0) is 11.3 Å². The third-order valence-corrected chi connectivity index (χ3v) is 2.70. The Kier molecular flexibility index (Phi) is 4.70. The minimum Gasteiger partial charge on any atom is -0.444 e. The monoisotopic (exact) mass is 303 g/mol. The molecule has 0 saturated heterocycles. The zero-order chi connectivity index (χ0) is 16.2. The second-order valence-corrected chi connectivity index (χ2v) is 5.73. The number of carbonyl (C=O) groups is 1. The van der Waals surface area contributed by atoms with E-state index in [1.54, 1.807) is 51.4 Å². The highest BCUT2D eigenvalue weighted by atomic mass is 19.1. The Bertz CT molecular complexity index is 654. The van der Waals surface area contributed by atoms with Gasteiger partial charge in [-0.05, 0) is 32.9 Å². The molecule has 0 aliphatic carbocycles. The molecule has 0 atom stereocenters. The van der Waals surface area contributed by atoms with Crippen molar-refractivity contribution in [1.82, 2.24) is 15.3 Å². The van der Waals surface area contributed by atoms with Crippen molar-refractivity contribution in [1.29, 1.82) is 0 Å². The molecule has 0 aliphatic heterocycles. The molecule has 0 aliphatic rings. The summed E-state index contributed by atoms with van der Waals surface area (Å²) in [4.78, 5) is 19.7. The van der Waals surface area contributed by atoms with Crippen LogP contribution in [0.3, 0.4) is 0 Å². The zero-order valence-electron chi connectivity index (χ0n) is 12.8. The number of halogens is 1. The number of ether oxygens (including phenoxy) is 1. The first-order valence-corrected chi connectivity index (χ1v) is 6.88. The molecule has 5 nitrogen and oxygen atoms in total. The fourth-order valence-corrected chi connectivity index (χ4v) is 1.76. The van der Waals surface area contributed by atoms with Gasteiger partial charge in [0, 0.05) is 30.1 Å². The van der Waals surface area contributed by atoms with Crippen molar-refractivity contribution in [3.8, 4) is 11.4 Å². The normalized spacial score (nSPS) is 11.1. The predicted octanol–water partition coefficient (Wildman–Crippen LogP) is 3.31. The summed E-state index contributed by atoms with van der Waals surface area (Å²) in [7, 11) is 0. The van der Waals surface area contributed by atoms with Gasteiger partial charge in [-0.15, -0.1) is 0 Å². The van der Waals surface area contributed by atoms with E-state index >= 15 is 0 Å². The van der Waals surface area contributed by atoms with Gasteiger partial charge in [-0.2, -0.15) is 0 Å². The molecule has 116 valence electrons. The number of amides is 1. The van der Waals surface area contributed by atoms with Gasteiger partial charge in [0.1, 0.15) is 11.4 Å². The maximum atomic E-state index is 14.1. The second-order valence-electron chi connectivity index (χ2n) is 5.73. The van der Waals surface area contributed by atoms with Gasteiger partial charge in [-0.1, -0.05) is 12.1 Å². The first-order chi connectivity index (χ1) is 10.3. The maximum Gasteiger partial charge on any atom is 0.407 e. The minimum atomic E-state index is -0.586. The number of hydrogen-bond acceptors (Lipinski definition) is 4. The van der Waals surface area contributed by atoms with Crippen molar-refractivity contribution < 1.29 is 13.9 Å². The van der Waals surface area contributed by atoms with Gasteiger partial charge < -0.3 is 10.1 Å². The van der Waals surface area contributed by atoms with Crippen LogP contribution in [0.15, 0.2) is 36.7 Å². The van der Waals surface area contributed by atoms with Crippen LogP contribution in [0.2, 0.25) is 0 Å². The number of alkyl carbamates (subject to hydrolysis) is 1. The summed E-state index contributed by atoms with van der Waals surface area (Å²) in [5, 5.41) is 2.52. The summed E-state index contributed by atoms with van der Waals surface area (Å²) in [6, 6.07) is 6.35. The standard InChI is InChI=1S/C16H18FN3O2/c1-16(2,3)22-15(21)20-10-12-6-5-11(9-13(12)17)14-18-7-4-8-19-14/h4-9H,10H2,1-3H3,(H,20,21). The molecule has 1 aromatic heterocycles. The van der Waals surface area contributed by atoms with E-state index in [2.05, 4.69) is 15.3 Å². The Labute approximate surface area is 128 Å². The van der Waals surface area contributed by atoms with Crippen LogP contribution in [0, 0.1) is 5.82 Å². The van der Waals surface area contributed by atoms with Crippen molar-refractivity contribution >= 4 is 6.09 Å². The minimum absolute atomic E-state index is 0.0523. The Morgan fingerprint density at radius 3 is 2.55 bits per heavy atom. The Morgan fingerprint density at radius 1 is 1.27 bits per heavy atom. The summed E-state index contributed by atoms with van der Waals surface area (Å²) < 4.78 is 19.2. The Hall–Kier alpha value is -2.50. The van der Waals surface area contributed by atoms with Gasteiger partial charge in [0.2, 0.25) is 0 Å². The topological polar surface area (TPSA) is 64.1 Å². The largest absolute Gasteiger partial charge is 0.444 e. The molecule has 1 amide bonds. The van der Waals surface area contributed by atoms with Gasteiger partial charge in [-0.3, -0.25) is 0 Å². The smallest absolute Gasteiger partial charge is 0.407 e. The van der Waals surface area contributed by atoms with Gasteiger partial charge in [0.15, 0.2) is 5.82 Å². The summed E-state index contributed by atoms with van der Waals surface area (Å²) in [5.74, 6) is 0.0223. The van der Waals surface area contributed by atoms with Crippen LogP contribution in [0.4, 0.5) is 9.18 Å². The number of benzene rings is 1. The van der Waals surface area contributed by atoms with Crippen LogP contribution < -0.4 is 5.32 Å². The number of nitrogens with one attached hydrogen (secondary N) is 1. The third kappa shape index (κ3) is 4.51. The van der Waals surface area contributed by atoms with E-state index < -0.39 is 17.5 Å². The van der Waals surface area contributed by atoms with Crippen LogP contribution in [0.25, 0.3) is 11.4 Å². The lowest BCUT2D eigenvalue weighted by Crippen LogP contribution is -2.32. The quantitative estimate of drug-likeness (QED) is 0.945. The van der Waals surface area contributed by atoms with Gasteiger partial charge >= 0.3 is 6.09 Å². The summed E-state index contributed by atoms with van der Waals surface area (Å²) in [6.45, 7) is 5.35. The molecule has 22 heavy (non-hydrogen) atoms. The Morgan fingerprint density at radius 2 is 1.95 bits per heavy atom. The molecule has 6 heteroatoms. The lowest BCUT2D eigenvalue weighted by Gasteiger charge is -2.19. The fourth-order valence-electron chi connectivity index (χ4n) is 1.76. The van der Waals surface area contributed by atoms with Gasteiger partial charge in [-0.25, -0.2) is 19.2 Å². The molecule has 0 bridgehead atoms. The number of hydrogen-bond donors (Lipinski definition) is 1. The van der Waals surface area contributed by atoms with E-state index in [0.29, 0.717) is 17.0 Å². The highest BCUT2D eigenvalue weighted by Gasteiger charge is 2.16. The molecule has 0 saturated carbocycles. The predicted molar refractivity (Wildman–Crippen MR) is 80.5 cm³/mol. The first kappa shape index (κ1) is 15.9. The lowest BCUT2D eigenvalue weighted by molar-refractivity contribution is 0.0523. The van der Waals surface area contributed by atoms with Crippen molar-refractivity contribution in [3.63, 3.8) is 0 Å². The Balaban J connectivity index is 2.03. The molecule has 2 rings (SSSR count). The third-order valence-electron chi connectivity index (χ3n) is 2.70. The molecule has 0 fully saturated rings. The molecule has 0 spiro atoms. The summed E-state index contributed by atoms with van der Waals surface area (Å²) in [6.07, 6.45) is 2.61. The molecule has 1 heterocycles. The van der Waals surface area contributed by atoms with Crippen molar-refractivity contribution in [2.24, 2.45) is 0 Å². The molecule has 0 unspecified atom stereocenters. The summed E-state index contributed by atoms with van der Waals surface area (Å²) in [5.41, 5.74) is 0.363. The fraction of sp³-hybridized carbons (Fsp3) is 0.312. The zero-order valence-corrected chi connectivity index (χ0v) is 12.8. The average Bonchev–Trinajstić information content (AvgIpc) is 2.45. The van der Waals surface area contributed by atoms with Crippen molar-refractivity contribution in [2.75, 3.05) is 0 Å². The highest BCUT2D eigenvalue weighted by Crippen LogP contribution is 2.18. The molecule has 0 radical (unpaired) electrons. The molecule has 1 aromatic carbocycles. The number of aromatic nitrogens is 2. The second kappa shape index (κ2) is 6.51.